The molecule has 0 aromatic heterocycles. The molecule has 0 amide bonds. The van der Waals surface area contributed by atoms with Crippen molar-refractivity contribution in [2.45, 2.75) is 24.4 Å². The van der Waals surface area contributed by atoms with Crippen LogP contribution in [-0.2, 0) is 0 Å². The van der Waals surface area contributed by atoms with Gasteiger partial charge in [-0.2, -0.15) is 0 Å². The highest BCUT2D eigenvalue weighted by Gasteiger charge is 2.51. The van der Waals surface area contributed by atoms with Crippen LogP contribution in [0.15, 0.2) is 41.2 Å². The summed E-state index contributed by atoms with van der Waals surface area (Å²) in [6.07, 6.45) is 9.41. The van der Waals surface area contributed by atoms with Gasteiger partial charge >= 0.3 is 0 Å². The third kappa shape index (κ3) is 4.13. The van der Waals surface area contributed by atoms with Gasteiger partial charge in [0.15, 0.2) is 11.5 Å². The van der Waals surface area contributed by atoms with Crippen LogP contribution < -0.4 is 9.47 Å². The van der Waals surface area contributed by atoms with E-state index in [9.17, 15) is 5.11 Å². The highest BCUT2D eigenvalue weighted by Crippen LogP contribution is 2.56. The molecule has 1 fully saturated rings. The van der Waals surface area contributed by atoms with Gasteiger partial charge in [-0.1, -0.05) is 12.1 Å². The van der Waals surface area contributed by atoms with Gasteiger partial charge in [-0.3, -0.25) is 0 Å². The van der Waals surface area contributed by atoms with Crippen LogP contribution in [0.3, 0.4) is 0 Å². The SMILES string of the molecule is C=CCC(O)(C=C(SC)SC)C1CC1c1ccc(OC)c(OC)c1. The summed E-state index contributed by atoms with van der Waals surface area (Å²) in [5.41, 5.74) is 0.337. The summed E-state index contributed by atoms with van der Waals surface area (Å²) < 4.78 is 11.8. The van der Waals surface area contributed by atoms with Crippen molar-refractivity contribution in [3.63, 3.8) is 0 Å². The average Bonchev–Trinajstić information content (AvgIpc) is 3.40. The monoisotopic (exact) mass is 366 g/mol. The lowest BCUT2D eigenvalue weighted by Crippen LogP contribution is -2.29. The minimum atomic E-state index is -0.846. The van der Waals surface area contributed by atoms with Crippen LogP contribution in [0.25, 0.3) is 0 Å². The van der Waals surface area contributed by atoms with Crippen LogP contribution in [-0.4, -0.2) is 37.4 Å². The van der Waals surface area contributed by atoms with Gasteiger partial charge in [-0.05, 0) is 61.0 Å². The molecule has 0 spiro atoms. The molecule has 3 atom stereocenters. The van der Waals surface area contributed by atoms with Crippen molar-refractivity contribution in [1.82, 2.24) is 0 Å². The zero-order valence-corrected chi connectivity index (χ0v) is 16.4. The summed E-state index contributed by atoms with van der Waals surface area (Å²) in [7, 11) is 3.28. The molecule has 0 radical (unpaired) electrons. The first-order valence-corrected chi connectivity index (χ1v) is 10.3. The van der Waals surface area contributed by atoms with Crippen LogP contribution in [0.4, 0.5) is 0 Å². The number of ether oxygens (including phenoxy) is 2. The summed E-state index contributed by atoms with van der Waals surface area (Å²) in [5.74, 6) is 1.99. The molecule has 1 aliphatic rings. The van der Waals surface area contributed by atoms with E-state index in [0.29, 0.717) is 12.3 Å². The second-order valence-corrected chi connectivity index (χ2v) is 7.87. The van der Waals surface area contributed by atoms with E-state index in [1.54, 1.807) is 43.8 Å². The Hall–Kier alpha value is -1.04. The minimum absolute atomic E-state index is 0.197. The van der Waals surface area contributed by atoms with Crippen molar-refractivity contribution in [3.05, 3.63) is 46.7 Å². The first-order valence-electron chi connectivity index (χ1n) is 7.89. The van der Waals surface area contributed by atoms with E-state index in [0.717, 1.165) is 22.2 Å². The summed E-state index contributed by atoms with van der Waals surface area (Å²) in [6.45, 7) is 3.82. The molecule has 0 saturated heterocycles. The highest BCUT2D eigenvalue weighted by atomic mass is 32.2. The molecule has 1 aromatic rings. The maximum absolute atomic E-state index is 11.2. The molecular weight excluding hydrogens is 340 g/mol. The fourth-order valence-corrected chi connectivity index (χ4v) is 4.46. The largest absolute Gasteiger partial charge is 0.493 e. The van der Waals surface area contributed by atoms with Crippen LogP contribution in [0.2, 0.25) is 0 Å². The van der Waals surface area contributed by atoms with Crippen LogP contribution in [0, 0.1) is 5.92 Å². The predicted molar refractivity (Wildman–Crippen MR) is 105 cm³/mol. The molecule has 0 heterocycles. The van der Waals surface area contributed by atoms with Crippen LogP contribution in [0.5, 0.6) is 11.5 Å². The zero-order valence-electron chi connectivity index (χ0n) is 14.7. The minimum Gasteiger partial charge on any atom is -0.493 e. The molecule has 0 aliphatic heterocycles. The van der Waals surface area contributed by atoms with Crippen molar-refractivity contribution in [2.75, 3.05) is 26.7 Å². The molecule has 24 heavy (non-hydrogen) atoms. The van der Waals surface area contributed by atoms with Crippen LogP contribution >= 0.6 is 23.5 Å². The lowest BCUT2D eigenvalue weighted by molar-refractivity contribution is 0.0685. The number of benzene rings is 1. The summed E-state index contributed by atoms with van der Waals surface area (Å²) >= 11 is 3.34. The van der Waals surface area contributed by atoms with Crippen molar-refractivity contribution in [1.29, 1.82) is 0 Å². The van der Waals surface area contributed by atoms with E-state index in [1.807, 2.05) is 30.7 Å². The van der Waals surface area contributed by atoms with Crippen molar-refractivity contribution >= 4 is 23.5 Å². The number of hydrogen-bond acceptors (Lipinski definition) is 5. The third-order valence-corrected chi connectivity index (χ3v) is 6.55. The molecular formula is C19H26O3S2. The Morgan fingerprint density at radius 2 is 1.96 bits per heavy atom. The molecule has 2 rings (SSSR count). The standard InChI is InChI=1S/C19H26O3S2/c1-6-9-19(20,12-18(23-4)24-5)15-11-14(15)13-7-8-16(21-2)17(10-13)22-3/h6-8,10,12,14-15,20H,1,9,11H2,2-5H3. The lowest BCUT2D eigenvalue weighted by atomic mass is 9.91. The highest BCUT2D eigenvalue weighted by molar-refractivity contribution is 8.21. The van der Waals surface area contributed by atoms with Crippen molar-refractivity contribution in [2.24, 2.45) is 5.92 Å². The topological polar surface area (TPSA) is 38.7 Å². The normalized spacial score (nSPS) is 21.5. The number of methoxy groups -OCH3 is 2. The second kappa shape index (κ2) is 8.37. The molecule has 1 N–H and O–H groups in total. The van der Waals surface area contributed by atoms with Gasteiger partial charge < -0.3 is 14.6 Å². The van der Waals surface area contributed by atoms with E-state index < -0.39 is 5.60 Å². The number of rotatable bonds is 9. The molecule has 0 bridgehead atoms. The Morgan fingerprint density at radius 3 is 2.50 bits per heavy atom. The lowest BCUT2D eigenvalue weighted by Gasteiger charge is -2.25. The van der Waals surface area contributed by atoms with Gasteiger partial charge in [-0.25, -0.2) is 0 Å². The fourth-order valence-electron chi connectivity index (χ4n) is 3.15. The van der Waals surface area contributed by atoms with E-state index in [1.165, 1.54) is 5.56 Å². The summed E-state index contributed by atoms with van der Waals surface area (Å²) in [6, 6.07) is 6.01. The number of hydrogen-bond donors (Lipinski definition) is 1. The van der Waals surface area contributed by atoms with Crippen molar-refractivity contribution in [3.8, 4) is 11.5 Å². The van der Waals surface area contributed by atoms with E-state index >= 15 is 0 Å². The van der Waals surface area contributed by atoms with Gasteiger partial charge in [0, 0.05) is 4.24 Å². The Balaban J connectivity index is 2.25. The molecule has 3 unspecified atom stereocenters. The molecule has 3 nitrogen and oxygen atoms in total. The number of thioether (sulfide) groups is 2. The Bertz CT molecular complexity index is 609. The van der Waals surface area contributed by atoms with Gasteiger partial charge in [0.25, 0.3) is 0 Å². The maximum atomic E-state index is 11.2. The van der Waals surface area contributed by atoms with Gasteiger partial charge in [0.1, 0.15) is 0 Å². The zero-order chi connectivity index (χ0) is 17.7. The Morgan fingerprint density at radius 1 is 1.29 bits per heavy atom. The first kappa shape index (κ1) is 19.3. The Kier molecular flexibility index (Phi) is 6.72. The quantitative estimate of drug-likeness (QED) is 0.642. The molecule has 1 aromatic carbocycles. The summed E-state index contributed by atoms with van der Waals surface area (Å²) in [5, 5.41) is 11.2. The predicted octanol–water partition coefficient (Wildman–Crippen LogP) is 4.68. The van der Waals surface area contributed by atoms with Gasteiger partial charge in [-0.15, -0.1) is 30.1 Å². The van der Waals surface area contributed by atoms with Crippen molar-refractivity contribution < 1.29 is 14.6 Å². The van der Waals surface area contributed by atoms with Crippen LogP contribution in [0.1, 0.15) is 24.3 Å². The van der Waals surface area contributed by atoms with Gasteiger partial charge in [0.2, 0.25) is 0 Å². The Labute approximate surface area is 153 Å². The molecule has 1 saturated carbocycles. The van der Waals surface area contributed by atoms with E-state index in [2.05, 4.69) is 12.6 Å². The average molecular weight is 367 g/mol. The molecule has 1 aliphatic carbocycles. The van der Waals surface area contributed by atoms with E-state index in [4.69, 9.17) is 9.47 Å². The maximum Gasteiger partial charge on any atom is 0.160 e. The van der Waals surface area contributed by atoms with E-state index in [-0.39, 0.29) is 5.92 Å². The fraction of sp³-hybridized carbons (Fsp3) is 0.474. The third-order valence-electron chi connectivity index (χ3n) is 4.51. The molecule has 5 heteroatoms. The number of aliphatic hydroxyl groups is 1. The van der Waals surface area contributed by atoms with Gasteiger partial charge in [0.05, 0.1) is 19.8 Å². The summed E-state index contributed by atoms with van der Waals surface area (Å²) in [4.78, 5) is 0. The smallest absolute Gasteiger partial charge is 0.160 e. The first-order chi connectivity index (χ1) is 11.5. The molecule has 132 valence electrons. The second-order valence-electron chi connectivity index (χ2n) is 5.92.